The van der Waals surface area contributed by atoms with E-state index < -0.39 is 4.92 Å². The smallest absolute Gasteiger partial charge is 0.305 e. The van der Waals surface area contributed by atoms with Crippen molar-refractivity contribution in [2.45, 2.75) is 19.4 Å². The number of hydrogen-bond acceptors (Lipinski definition) is 6. The van der Waals surface area contributed by atoms with Gasteiger partial charge in [-0.15, -0.1) is 0 Å². The van der Waals surface area contributed by atoms with E-state index in [0.29, 0.717) is 11.9 Å². The lowest BCUT2D eigenvalue weighted by Gasteiger charge is -2.36. The molecule has 1 aliphatic heterocycles. The van der Waals surface area contributed by atoms with E-state index >= 15 is 0 Å². The van der Waals surface area contributed by atoms with Gasteiger partial charge in [0.25, 0.3) is 0 Å². The monoisotopic (exact) mass is 252 g/mol. The summed E-state index contributed by atoms with van der Waals surface area (Å²) in [7, 11) is 1.70. The van der Waals surface area contributed by atoms with Crippen molar-refractivity contribution in [1.82, 2.24) is 9.97 Å². The number of nitrogens with zero attached hydrogens (tertiary/aromatic N) is 4. The molecule has 1 fully saturated rings. The molecule has 0 aliphatic carbocycles. The fraction of sp³-hybridized carbons (Fsp3) is 0.636. The Hall–Kier alpha value is -1.76. The second-order valence-electron chi connectivity index (χ2n) is 4.48. The average Bonchev–Trinajstić information content (AvgIpc) is 2.39. The zero-order chi connectivity index (χ0) is 13.1. The number of nitro groups is 1. The van der Waals surface area contributed by atoms with Crippen LogP contribution in [0.3, 0.4) is 0 Å². The SMILES string of the molecule is COC1CN(c2ncc([N+](=O)[O-])cn2)CCC1C. The zero-order valence-corrected chi connectivity index (χ0v) is 10.4. The number of hydrogen-bond donors (Lipinski definition) is 0. The second kappa shape index (κ2) is 5.26. The van der Waals surface area contributed by atoms with Crippen LogP contribution in [0, 0.1) is 16.0 Å². The molecular formula is C11H16N4O3. The molecular weight excluding hydrogens is 236 g/mol. The molecule has 2 heterocycles. The first-order valence-electron chi connectivity index (χ1n) is 5.86. The van der Waals surface area contributed by atoms with E-state index in [1.165, 1.54) is 12.4 Å². The fourth-order valence-electron chi connectivity index (χ4n) is 2.09. The maximum atomic E-state index is 10.5. The van der Waals surface area contributed by atoms with Gasteiger partial charge in [-0.3, -0.25) is 10.1 Å². The highest BCUT2D eigenvalue weighted by Gasteiger charge is 2.27. The molecule has 2 unspecified atom stereocenters. The molecule has 0 amide bonds. The molecule has 2 rings (SSSR count). The van der Waals surface area contributed by atoms with Gasteiger partial charge in [0.1, 0.15) is 12.4 Å². The third-order valence-electron chi connectivity index (χ3n) is 3.31. The van der Waals surface area contributed by atoms with Crippen molar-refractivity contribution in [1.29, 1.82) is 0 Å². The Morgan fingerprint density at radius 1 is 1.50 bits per heavy atom. The lowest BCUT2D eigenvalue weighted by molar-refractivity contribution is -0.385. The molecule has 0 saturated carbocycles. The maximum Gasteiger partial charge on any atom is 0.305 e. The number of anilines is 1. The summed E-state index contributed by atoms with van der Waals surface area (Å²) >= 11 is 0. The fourth-order valence-corrected chi connectivity index (χ4v) is 2.09. The van der Waals surface area contributed by atoms with Gasteiger partial charge in [-0.1, -0.05) is 6.92 Å². The van der Waals surface area contributed by atoms with Crippen LogP contribution >= 0.6 is 0 Å². The number of piperidine rings is 1. The number of methoxy groups -OCH3 is 1. The van der Waals surface area contributed by atoms with E-state index in [9.17, 15) is 10.1 Å². The molecule has 0 spiro atoms. The van der Waals surface area contributed by atoms with Gasteiger partial charge in [0, 0.05) is 20.2 Å². The standard InChI is InChI=1S/C11H16N4O3/c1-8-3-4-14(7-10(8)18-2)11-12-5-9(6-13-11)15(16)17/h5-6,8,10H,3-4,7H2,1-2H3. The van der Waals surface area contributed by atoms with Crippen LogP contribution in [0.2, 0.25) is 0 Å². The van der Waals surface area contributed by atoms with Gasteiger partial charge in [-0.25, -0.2) is 9.97 Å². The van der Waals surface area contributed by atoms with Crippen LogP contribution in [0.4, 0.5) is 11.6 Å². The molecule has 98 valence electrons. The van der Waals surface area contributed by atoms with Gasteiger partial charge >= 0.3 is 5.69 Å². The Bertz CT molecular complexity index is 423. The summed E-state index contributed by atoms with van der Waals surface area (Å²) in [6.07, 6.45) is 3.63. The van der Waals surface area contributed by atoms with E-state index in [2.05, 4.69) is 16.9 Å². The van der Waals surface area contributed by atoms with Crippen LogP contribution in [-0.4, -0.2) is 41.2 Å². The Morgan fingerprint density at radius 2 is 2.17 bits per heavy atom. The molecule has 1 saturated heterocycles. The lowest BCUT2D eigenvalue weighted by atomic mass is 9.96. The maximum absolute atomic E-state index is 10.5. The van der Waals surface area contributed by atoms with Crippen molar-refractivity contribution in [3.05, 3.63) is 22.5 Å². The van der Waals surface area contributed by atoms with Crippen LogP contribution in [0.15, 0.2) is 12.4 Å². The predicted octanol–water partition coefficient (Wildman–Crippen LogP) is 1.25. The van der Waals surface area contributed by atoms with E-state index in [1.807, 2.05) is 4.90 Å². The normalized spacial score (nSPS) is 24.0. The van der Waals surface area contributed by atoms with Gasteiger partial charge in [0.05, 0.1) is 11.0 Å². The minimum absolute atomic E-state index is 0.0904. The second-order valence-corrected chi connectivity index (χ2v) is 4.48. The van der Waals surface area contributed by atoms with Gasteiger partial charge in [0.2, 0.25) is 5.95 Å². The minimum atomic E-state index is -0.500. The highest BCUT2D eigenvalue weighted by Crippen LogP contribution is 2.22. The van der Waals surface area contributed by atoms with Crippen molar-refractivity contribution in [3.8, 4) is 0 Å². The molecule has 1 aliphatic rings. The average molecular weight is 252 g/mol. The topological polar surface area (TPSA) is 81.4 Å². The summed E-state index contributed by atoms with van der Waals surface area (Å²) in [6.45, 7) is 3.72. The van der Waals surface area contributed by atoms with Crippen molar-refractivity contribution >= 4 is 11.6 Å². The van der Waals surface area contributed by atoms with Gasteiger partial charge in [0.15, 0.2) is 0 Å². The van der Waals surface area contributed by atoms with Crippen molar-refractivity contribution in [2.75, 3.05) is 25.1 Å². The number of aromatic nitrogens is 2. The van der Waals surface area contributed by atoms with E-state index in [4.69, 9.17) is 4.74 Å². The number of rotatable bonds is 3. The van der Waals surface area contributed by atoms with Crippen LogP contribution < -0.4 is 4.90 Å². The molecule has 7 heteroatoms. The molecule has 2 atom stereocenters. The Balaban J connectivity index is 2.09. The largest absolute Gasteiger partial charge is 0.379 e. The first-order valence-corrected chi connectivity index (χ1v) is 5.86. The van der Waals surface area contributed by atoms with Crippen LogP contribution in [0.1, 0.15) is 13.3 Å². The molecule has 0 aromatic carbocycles. The molecule has 1 aromatic heterocycles. The Labute approximate surface area is 105 Å². The van der Waals surface area contributed by atoms with E-state index in [1.54, 1.807) is 7.11 Å². The molecule has 0 radical (unpaired) electrons. The molecule has 0 bridgehead atoms. The van der Waals surface area contributed by atoms with E-state index in [0.717, 1.165) is 19.5 Å². The first kappa shape index (κ1) is 12.7. The highest BCUT2D eigenvalue weighted by molar-refractivity contribution is 5.34. The summed E-state index contributed by atoms with van der Waals surface area (Å²) < 4.78 is 5.41. The van der Waals surface area contributed by atoms with Crippen molar-refractivity contribution in [2.24, 2.45) is 5.92 Å². The van der Waals surface area contributed by atoms with Crippen LogP contribution in [0.25, 0.3) is 0 Å². The molecule has 1 aromatic rings. The van der Waals surface area contributed by atoms with E-state index in [-0.39, 0.29) is 11.8 Å². The Kier molecular flexibility index (Phi) is 3.71. The highest BCUT2D eigenvalue weighted by atomic mass is 16.6. The summed E-state index contributed by atoms with van der Waals surface area (Å²) in [5.74, 6) is 1.03. The predicted molar refractivity (Wildman–Crippen MR) is 65.5 cm³/mol. The summed E-state index contributed by atoms with van der Waals surface area (Å²) in [6, 6.07) is 0. The third-order valence-corrected chi connectivity index (χ3v) is 3.31. The van der Waals surface area contributed by atoms with Gasteiger partial charge in [-0.2, -0.15) is 0 Å². The van der Waals surface area contributed by atoms with Crippen molar-refractivity contribution in [3.63, 3.8) is 0 Å². The minimum Gasteiger partial charge on any atom is -0.379 e. The van der Waals surface area contributed by atoms with Gasteiger partial charge in [-0.05, 0) is 12.3 Å². The quantitative estimate of drug-likeness (QED) is 0.594. The van der Waals surface area contributed by atoms with Gasteiger partial charge < -0.3 is 9.64 Å². The molecule has 18 heavy (non-hydrogen) atoms. The molecule has 7 nitrogen and oxygen atoms in total. The zero-order valence-electron chi connectivity index (χ0n) is 10.4. The van der Waals surface area contributed by atoms with Crippen LogP contribution in [0.5, 0.6) is 0 Å². The number of ether oxygens (including phenoxy) is 1. The lowest BCUT2D eigenvalue weighted by Crippen LogP contribution is -2.44. The van der Waals surface area contributed by atoms with Crippen LogP contribution in [-0.2, 0) is 4.74 Å². The molecule has 0 N–H and O–H groups in total. The summed E-state index contributed by atoms with van der Waals surface area (Å²) in [5.41, 5.74) is -0.0904. The third kappa shape index (κ3) is 2.56. The summed E-state index contributed by atoms with van der Waals surface area (Å²) in [4.78, 5) is 20.1. The first-order chi connectivity index (χ1) is 8.61. The Morgan fingerprint density at radius 3 is 2.72 bits per heavy atom. The van der Waals surface area contributed by atoms with Crippen molar-refractivity contribution < 1.29 is 9.66 Å². The summed E-state index contributed by atoms with van der Waals surface area (Å²) in [5, 5.41) is 10.5.